The van der Waals surface area contributed by atoms with E-state index in [1.54, 1.807) is 4.90 Å². The molecule has 0 aromatic heterocycles. The van der Waals surface area contributed by atoms with Crippen molar-refractivity contribution < 1.29 is 19.1 Å². The van der Waals surface area contributed by atoms with E-state index in [1.165, 1.54) is 12.7 Å². The van der Waals surface area contributed by atoms with Crippen LogP contribution in [-0.2, 0) is 25.5 Å². The van der Waals surface area contributed by atoms with E-state index in [9.17, 15) is 14.4 Å². The fourth-order valence-electron chi connectivity index (χ4n) is 3.51. The third kappa shape index (κ3) is 8.64. The number of aryl methyl sites for hydroxylation is 1. The summed E-state index contributed by atoms with van der Waals surface area (Å²) in [6.45, 7) is 2.03. The zero-order valence-electron chi connectivity index (χ0n) is 17.3. The van der Waals surface area contributed by atoms with Crippen LogP contribution in [-0.4, -0.2) is 62.5 Å². The molecular formula is C22H33N3O4. The molecule has 1 unspecified atom stereocenters. The molecule has 0 aliphatic carbocycles. The molecule has 0 bridgehead atoms. The summed E-state index contributed by atoms with van der Waals surface area (Å²) < 4.78 is 4.93. The number of hydrogen-bond donors (Lipinski definition) is 2. The van der Waals surface area contributed by atoms with Gasteiger partial charge in [0.15, 0.2) is 0 Å². The summed E-state index contributed by atoms with van der Waals surface area (Å²) in [6, 6.07) is 10.2. The molecule has 1 aromatic carbocycles. The maximum Gasteiger partial charge on any atom is 0.248 e. The molecule has 1 aliphatic rings. The van der Waals surface area contributed by atoms with E-state index in [1.807, 2.05) is 18.2 Å². The summed E-state index contributed by atoms with van der Waals surface area (Å²) in [6.07, 6.45) is 4.12. The van der Waals surface area contributed by atoms with Crippen molar-refractivity contribution in [2.24, 2.45) is 5.92 Å². The summed E-state index contributed by atoms with van der Waals surface area (Å²) >= 11 is 0. The summed E-state index contributed by atoms with van der Waals surface area (Å²) in [4.78, 5) is 38.4. The van der Waals surface area contributed by atoms with Crippen LogP contribution in [0.25, 0.3) is 0 Å². The number of nitrogens with one attached hydrogen (secondary N) is 2. The highest BCUT2D eigenvalue weighted by Crippen LogP contribution is 2.14. The molecule has 1 atom stereocenters. The molecule has 3 amide bonds. The molecular weight excluding hydrogens is 370 g/mol. The van der Waals surface area contributed by atoms with Crippen LogP contribution < -0.4 is 10.6 Å². The first-order valence-corrected chi connectivity index (χ1v) is 10.4. The van der Waals surface area contributed by atoms with Gasteiger partial charge in [-0.05, 0) is 37.7 Å². The Balaban J connectivity index is 1.82. The number of ether oxygens (including phenoxy) is 1. The first kappa shape index (κ1) is 22.9. The predicted octanol–water partition coefficient (Wildman–Crippen LogP) is 1.52. The zero-order chi connectivity index (χ0) is 20.9. The predicted molar refractivity (Wildman–Crippen MR) is 111 cm³/mol. The highest BCUT2D eigenvalue weighted by molar-refractivity contribution is 5.80. The molecule has 7 nitrogen and oxygen atoms in total. The van der Waals surface area contributed by atoms with Crippen LogP contribution in [0.3, 0.4) is 0 Å². The number of hydrogen-bond acceptors (Lipinski definition) is 4. The van der Waals surface area contributed by atoms with Crippen molar-refractivity contribution in [1.29, 1.82) is 0 Å². The van der Waals surface area contributed by atoms with Gasteiger partial charge in [0.25, 0.3) is 0 Å². The minimum absolute atomic E-state index is 0.00689. The van der Waals surface area contributed by atoms with Gasteiger partial charge in [-0.25, -0.2) is 0 Å². The van der Waals surface area contributed by atoms with Gasteiger partial charge in [-0.3, -0.25) is 14.4 Å². The van der Waals surface area contributed by atoms with Gasteiger partial charge in [-0.2, -0.15) is 0 Å². The van der Waals surface area contributed by atoms with Crippen LogP contribution in [0.15, 0.2) is 30.3 Å². The number of methoxy groups -OCH3 is 1. The maximum atomic E-state index is 12.6. The molecule has 1 aliphatic heterocycles. The van der Waals surface area contributed by atoms with Crippen LogP contribution in [0.2, 0.25) is 0 Å². The Labute approximate surface area is 173 Å². The number of benzene rings is 1. The Hall–Kier alpha value is -2.41. The molecule has 0 saturated carbocycles. The normalized spacial score (nSPS) is 18.4. The van der Waals surface area contributed by atoms with E-state index in [2.05, 4.69) is 22.8 Å². The standard InChI is InChI=1S/C22H33N3O4/c1-29-17-21(27)25-15-6-10-19(11-14-23-20(26)12-16-25)22(28)24-13-5-9-18-7-3-2-4-8-18/h2-4,7-8,19H,5-6,9-17H2,1H3,(H,23,26)(H,24,28). The second-order valence-electron chi connectivity index (χ2n) is 7.42. The molecule has 1 aromatic rings. The molecule has 7 heteroatoms. The van der Waals surface area contributed by atoms with Gasteiger partial charge in [0, 0.05) is 45.6 Å². The van der Waals surface area contributed by atoms with Crippen LogP contribution in [0.4, 0.5) is 0 Å². The van der Waals surface area contributed by atoms with Crippen molar-refractivity contribution in [2.45, 2.75) is 38.5 Å². The van der Waals surface area contributed by atoms with E-state index in [0.29, 0.717) is 39.0 Å². The van der Waals surface area contributed by atoms with Crippen LogP contribution in [0.1, 0.15) is 37.7 Å². The monoisotopic (exact) mass is 403 g/mol. The molecule has 1 fully saturated rings. The number of rotatable bonds is 7. The van der Waals surface area contributed by atoms with Crippen molar-refractivity contribution in [3.63, 3.8) is 0 Å². The molecule has 2 rings (SSSR count). The van der Waals surface area contributed by atoms with E-state index in [0.717, 1.165) is 19.3 Å². The minimum atomic E-state index is -0.162. The van der Waals surface area contributed by atoms with E-state index in [-0.39, 0.29) is 36.7 Å². The van der Waals surface area contributed by atoms with Gasteiger partial charge in [-0.15, -0.1) is 0 Å². The Morgan fingerprint density at radius 3 is 2.76 bits per heavy atom. The van der Waals surface area contributed by atoms with Gasteiger partial charge < -0.3 is 20.3 Å². The zero-order valence-corrected chi connectivity index (χ0v) is 17.3. The second kappa shape index (κ2) is 12.9. The summed E-state index contributed by atoms with van der Waals surface area (Å²) in [5.74, 6) is -0.351. The quantitative estimate of drug-likeness (QED) is 0.676. The SMILES string of the molecule is COCC(=O)N1CCCC(C(=O)NCCCc2ccccc2)CCNC(=O)CC1. The van der Waals surface area contributed by atoms with Crippen LogP contribution >= 0.6 is 0 Å². The third-order valence-corrected chi connectivity index (χ3v) is 5.18. The fraction of sp³-hybridized carbons (Fsp3) is 0.591. The topological polar surface area (TPSA) is 87.7 Å². The van der Waals surface area contributed by atoms with E-state index >= 15 is 0 Å². The average molecular weight is 404 g/mol. The first-order chi connectivity index (χ1) is 14.1. The highest BCUT2D eigenvalue weighted by Gasteiger charge is 2.21. The van der Waals surface area contributed by atoms with Gasteiger partial charge in [0.1, 0.15) is 6.61 Å². The third-order valence-electron chi connectivity index (χ3n) is 5.18. The lowest BCUT2D eigenvalue weighted by Crippen LogP contribution is -2.37. The van der Waals surface area contributed by atoms with Crippen LogP contribution in [0, 0.1) is 5.92 Å². The average Bonchev–Trinajstić information content (AvgIpc) is 2.76. The Morgan fingerprint density at radius 1 is 1.21 bits per heavy atom. The molecule has 1 heterocycles. The van der Waals surface area contributed by atoms with Gasteiger partial charge in [0.2, 0.25) is 17.7 Å². The van der Waals surface area contributed by atoms with Crippen molar-refractivity contribution in [1.82, 2.24) is 15.5 Å². The molecule has 2 N–H and O–H groups in total. The number of carbonyl (C=O) groups excluding carboxylic acids is 3. The molecule has 0 radical (unpaired) electrons. The molecule has 160 valence electrons. The van der Waals surface area contributed by atoms with E-state index < -0.39 is 0 Å². The van der Waals surface area contributed by atoms with Crippen molar-refractivity contribution in [3.8, 4) is 0 Å². The lowest BCUT2D eigenvalue weighted by atomic mass is 9.98. The summed E-state index contributed by atoms with van der Waals surface area (Å²) in [5, 5.41) is 5.89. The van der Waals surface area contributed by atoms with Gasteiger partial charge in [0.05, 0.1) is 0 Å². The highest BCUT2D eigenvalue weighted by atomic mass is 16.5. The smallest absolute Gasteiger partial charge is 0.248 e. The summed E-state index contributed by atoms with van der Waals surface area (Å²) in [5.41, 5.74) is 1.26. The van der Waals surface area contributed by atoms with Crippen LogP contribution in [0.5, 0.6) is 0 Å². The van der Waals surface area contributed by atoms with Gasteiger partial charge in [-0.1, -0.05) is 30.3 Å². The Kier molecular flexibility index (Phi) is 10.2. The summed E-state index contributed by atoms with van der Waals surface area (Å²) in [7, 11) is 1.48. The number of nitrogens with zero attached hydrogens (tertiary/aromatic N) is 1. The minimum Gasteiger partial charge on any atom is -0.375 e. The van der Waals surface area contributed by atoms with Crippen molar-refractivity contribution in [3.05, 3.63) is 35.9 Å². The molecule has 29 heavy (non-hydrogen) atoms. The second-order valence-corrected chi connectivity index (χ2v) is 7.42. The molecule has 1 saturated heterocycles. The fourth-order valence-corrected chi connectivity index (χ4v) is 3.51. The number of carbonyl (C=O) groups is 3. The van der Waals surface area contributed by atoms with Crippen molar-refractivity contribution in [2.75, 3.05) is 39.9 Å². The first-order valence-electron chi connectivity index (χ1n) is 10.4. The van der Waals surface area contributed by atoms with Crippen molar-refractivity contribution >= 4 is 17.7 Å². The lowest BCUT2D eigenvalue weighted by Gasteiger charge is -2.22. The lowest BCUT2D eigenvalue weighted by molar-refractivity contribution is -0.135. The number of amides is 3. The Bertz CT molecular complexity index is 651. The largest absolute Gasteiger partial charge is 0.375 e. The van der Waals surface area contributed by atoms with E-state index in [4.69, 9.17) is 4.74 Å². The molecule has 0 spiro atoms. The van der Waals surface area contributed by atoms with Gasteiger partial charge >= 0.3 is 0 Å². The maximum absolute atomic E-state index is 12.6. The Morgan fingerprint density at radius 2 is 2.00 bits per heavy atom.